The smallest absolute Gasteiger partial charge is 0.274 e. The van der Waals surface area contributed by atoms with Gasteiger partial charge in [0.05, 0.1) is 44.0 Å². The molecule has 0 unspecified atom stereocenters. The molecule has 0 atom stereocenters. The lowest BCUT2D eigenvalue weighted by Gasteiger charge is -2.38. The standard InChI is InChI=1S/C24H39NO6Si/c1-19(2)32(20(3)4,21(5)6)15-8-22-16-23(25(26)27)18-24(17-22)31-14-13-30-12-11-29-10-9-28-7/h16-21H,9-14H2,1-7H3. The number of nitrogens with zero attached hydrogens (tertiary/aromatic N) is 1. The lowest BCUT2D eigenvalue weighted by Crippen LogP contribution is -2.43. The quantitative estimate of drug-likeness (QED) is 0.123. The van der Waals surface area contributed by atoms with E-state index < -0.39 is 13.0 Å². The van der Waals surface area contributed by atoms with Crippen molar-refractivity contribution in [1.82, 2.24) is 0 Å². The molecule has 7 nitrogen and oxygen atoms in total. The average Bonchev–Trinajstić information content (AvgIpc) is 2.72. The van der Waals surface area contributed by atoms with Gasteiger partial charge in [0, 0.05) is 18.7 Å². The summed E-state index contributed by atoms with van der Waals surface area (Å²) in [4.78, 5) is 11.0. The number of hydrogen-bond acceptors (Lipinski definition) is 6. The number of nitro groups is 1. The number of ether oxygens (including phenoxy) is 4. The number of non-ortho nitro benzene ring substituents is 1. The van der Waals surface area contributed by atoms with Crippen LogP contribution in [0.3, 0.4) is 0 Å². The Labute approximate surface area is 193 Å². The third kappa shape index (κ3) is 8.55. The third-order valence-corrected chi connectivity index (χ3v) is 12.0. The highest BCUT2D eigenvalue weighted by molar-refractivity contribution is 6.90. The summed E-state index contributed by atoms with van der Waals surface area (Å²) in [6.07, 6.45) is 0. The maximum Gasteiger partial charge on any atom is 0.274 e. The van der Waals surface area contributed by atoms with Gasteiger partial charge in [-0.15, -0.1) is 5.54 Å². The monoisotopic (exact) mass is 465 g/mol. The zero-order chi connectivity index (χ0) is 24.1. The first-order valence-corrected chi connectivity index (χ1v) is 13.5. The van der Waals surface area contributed by atoms with Crippen LogP contribution in [0.1, 0.15) is 47.1 Å². The number of hydrogen-bond donors (Lipinski definition) is 0. The molecule has 0 radical (unpaired) electrons. The second-order valence-electron chi connectivity index (χ2n) is 8.69. The Hall–Kier alpha value is -1.92. The molecule has 1 aromatic carbocycles. The van der Waals surface area contributed by atoms with Gasteiger partial charge in [-0.05, 0) is 22.7 Å². The highest BCUT2D eigenvalue weighted by Gasteiger charge is 2.41. The first-order valence-electron chi connectivity index (χ1n) is 11.2. The van der Waals surface area contributed by atoms with Crippen molar-refractivity contribution in [3.63, 3.8) is 0 Å². The fourth-order valence-electron chi connectivity index (χ4n) is 4.14. The SMILES string of the molecule is COCCOCCOCCOc1cc(C#C[Si](C(C)C)(C(C)C)C(C)C)cc([N+](=O)[O-])c1. The fraction of sp³-hybridized carbons (Fsp3) is 0.667. The van der Waals surface area contributed by atoms with E-state index in [1.54, 1.807) is 13.2 Å². The molecular formula is C24H39NO6Si. The van der Waals surface area contributed by atoms with E-state index in [0.29, 0.717) is 61.0 Å². The number of benzene rings is 1. The second kappa shape index (κ2) is 14.3. The van der Waals surface area contributed by atoms with E-state index in [4.69, 9.17) is 18.9 Å². The molecule has 1 aromatic rings. The highest BCUT2D eigenvalue weighted by Crippen LogP contribution is 2.40. The Morgan fingerprint density at radius 3 is 1.91 bits per heavy atom. The van der Waals surface area contributed by atoms with E-state index in [1.807, 2.05) is 0 Å². The molecule has 0 aliphatic carbocycles. The summed E-state index contributed by atoms with van der Waals surface area (Å²) in [6.45, 7) is 16.1. The van der Waals surface area contributed by atoms with Gasteiger partial charge in [-0.25, -0.2) is 0 Å². The second-order valence-corrected chi connectivity index (χ2v) is 14.3. The minimum Gasteiger partial charge on any atom is -0.491 e. The molecule has 0 saturated carbocycles. The summed E-state index contributed by atoms with van der Waals surface area (Å²) < 4.78 is 21.4. The summed E-state index contributed by atoms with van der Waals surface area (Å²) in [5, 5.41) is 11.4. The molecular weight excluding hydrogens is 426 g/mol. The molecule has 32 heavy (non-hydrogen) atoms. The van der Waals surface area contributed by atoms with Crippen molar-refractivity contribution in [2.45, 2.75) is 58.2 Å². The van der Waals surface area contributed by atoms with Crippen LogP contribution in [0.4, 0.5) is 5.69 Å². The molecule has 8 heteroatoms. The summed E-state index contributed by atoms with van der Waals surface area (Å²) in [6, 6.07) is 4.72. The Balaban J connectivity index is 2.87. The zero-order valence-electron chi connectivity index (χ0n) is 20.6. The van der Waals surface area contributed by atoms with Gasteiger partial charge >= 0.3 is 0 Å². The van der Waals surface area contributed by atoms with Crippen LogP contribution in [0.25, 0.3) is 0 Å². The molecule has 1 rings (SSSR count). The van der Waals surface area contributed by atoms with Gasteiger partial charge in [-0.1, -0.05) is 47.5 Å². The van der Waals surface area contributed by atoms with Crippen LogP contribution in [-0.4, -0.2) is 59.7 Å². The van der Waals surface area contributed by atoms with Gasteiger partial charge in [0.2, 0.25) is 0 Å². The first-order chi connectivity index (χ1) is 15.1. The van der Waals surface area contributed by atoms with E-state index in [9.17, 15) is 10.1 Å². The Morgan fingerprint density at radius 2 is 1.41 bits per heavy atom. The lowest BCUT2D eigenvalue weighted by molar-refractivity contribution is -0.385. The Kier molecular flexibility index (Phi) is 12.5. The maximum atomic E-state index is 11.4. The van der Waals surface area contributed by atoms with Crippen molar-refractivity contribution < 1.29 is 23.9 Å². The molecule has 0 aromatic heterocycles. The molecule has 180 valence electrons. The van der Waals surface area contributed by atoms with Crippen LogP contribution < -0.4 is 4.74 Å². The highest BCUT2D eigenvalue weighted by atomic mass is 28.3. The molecule has 0 bridgehead atoms. The van der Waals surface area contributed by atoms with Gasteiger partial charge in [0.1, 0.15) is 20.4 Å². The minimum atomic E-state index is -1.94. The van der Waals surface area contributed by atoms with Gasteiger partial charge in [0.15, 0.2) is 0 Å². The van der Waals surface area contributed by atoms with E-state index in [0.717, 1.165) is 0 Å². The van der Waals surface area contributed by atoms with Crippen molar-refractivity contribution in [3.05, 3.63) is 33.9 Å². The van der Waals surface area contributed by atoms with Crippen LogP contribution in [0.5, 0.6) is 5.75 Å². The minimum absolute atomic E-state index is 0.0230. The molecule has 0 aliphatic rings. The largest absolute Gasteiger partial charge is 0.491 e. The van der Waals surface area contributed by atoms with E-state index >= 15 is 0 Å². The third-order valence-electron chi connectivity index (χ3n) is 5.69. The zero-order valence-corrected chi connectivity index (χ0v) is 21.6. The van der Waals surface area contributed by atoms with Gasteiger partial charge < -0.3 is 18.9 Å². The topological polar surface area (TPSA) is 80.1 Å². The predicted molar refractivity (Wildman–Crippen MR) is 130 cm³/mol. The first kappa shape index (κ1) is 28.1. The van der Waals surface area contributed by atoms with Crippen LogP contribution in [-0.2, 0) is 14.2 Å². The van der Waals surface area contributed by atoms with Crippen LogP contribution >= 0.6 is 0 Å². The summed E-state index contributed by atoms with van der Waals surface area (Å²) >= 11 is 0. The van der Waals surface area contributed by atoms with Crippen LogP contribution in [0.2, 0.25) is 16.6 Å². The molecule has 0 saturated heterocycles. The Morgan fingerprint density at radius 1 is 0.875 bits per heavy atom. The Bertz CT molecular complexity index is 748. The molecule has 0 amide bonds. The lowest BCUT2D eigenvalue weighted by atomic mass is 10.2. The molecule has 0 spiro atoms. The average molecular weight is 466 g/mol. The van der Waals surface area contributed by atoms with Crippen LogP contribution in [0, 0.1) is 21.6 Å². The van der Waals surface area contributed by atoms with Crippen LogP contribution in [0.15, 0.2) is 18.2 Å². The van der Waals surface area contributed by atoms with Crippen molar-refractivity contribution in [2.24, 2.45) is 0 Å². The van der Waals surface area contributed by atoms with Crippen molar-refractivity contribution in [2.75, 3.05) is 46.8 Å². The summed E-state index contributed by atoms with van der Waals surface area (Å²) in [7, 11) is -0.312. The van der Waals surface area contributed by atoms with E-state index in [1.165, 1.54) is 12.1 Å². The van der Waals surface area contributed by atoms with Gasteiger partial charge in [-0.3, -0.25) is 10.1 Å². The fourth-order valence-corrected chi connectivity index (χ4v) is 9.37. The summed E-state index contributed by atoms with van der Waals surface area (Å²) in [5.41, 5.74) is 5.66. The summed E-state index contributed by atoms with van der Waals surface area (Å²) in [5.74, 6) is 3.69. The van der Waals surface area contributed by atoms with E-state index in [2.05, 4.69) is 53.0 Å². The molecule has 0 N–H and O–H groups in total. The number of methoxy groups -OCH3 is 1. The number of nitro benzene ring substituents is 1. The van der Waals surface area contributed by atoms with Crippen molar-refractivity contribution in [1.29, 1.82) is 0 Å². The van der Waals surface area contributed by atoms with Gasteiger partial charge in [-0.2, -0.15) is 0 Å². The number of rotatable bonds is 14. The van der Waals surface area contributed by atoms with Crippen molar-refractivity contribution >= 4 is 13.8 Å². The predicted octanol–water partition coefficient (Wildman–Crippen LogP) is 5.22. The van der Waals surface area contributed by atoms with E-state index in [-0.39, 0.29) is 12.3 Å². The molecule has 0 heterocycles. The van der Waals surface area contributed by atoms with Gasteiger partial charge in [0.25, 0.3) is 5.69 Å². The maximum absolute atomic E-state index is 11.4. The molecule has 0 aliphatic heterocycles. The normalized spacial score (nSPS) is 11.7. The van der Waals surface area contributed by atoms with Crippen molar-refractivity contribution in [3.8, 4) is 17.2 Å². The molecule has 0 fully saturated rings.